The van der Waals surface area contributed by atoms with Crippen molar-refractivity contribution in [2.24, 2.45) is 5.73 Å². The summed E-state index contributed by atoms with van der Waals surface area (Å²) in [7, 11) is 1.65. The predicted octanol–water partition coefficient (Wildman–Crippen LogP) is 1.83. The Morgan fingerprint density at radius 3 is 2.68 bits per heavy atom. The summed E-state index contributed by atoms with van der Waals surface area (Å²) in [6.07, 6.45) is 0.0929. The van der Waals surface area contributed by atoms with Gasteiger partial charge in [-0.2, -0.15) is 0 Å². The molecule has 108 valence electrons. The molecule has 0 radical (unpaired) electrons. The highest BCUT2D eigenvalue weighted by molar-refractivity contribution is 5.38. The van der Waals surface area contributed by atoms with Gasteiger partial charge in [0, 0.05) is 25.7 Å². The van der Waals surface area contributed by atoms with Crippen LogP contribution in [0, 0.1) is 6.92 Å². The largest absolute Gasteiger partial charge is 0.496 e. The van der Waals surface area contributed by atoms with Crippen LogP contribution < -0.4 is 10.5 Å². The van der Waals surface area contributed by atoms with Gasteiger partial charge < -0.3 is 20.3 Å². The molecule has 0 aliphatic heterocycles. The molecule has 0 amide bonds. The van der Waals surface area contributed by atoms with Crippen LogP contribution in [0.3, 0.4) is 0 Å². The second-order valence-corrected chi connectivity index (χ2v) is 4.62. The first kappa shape index (κ1) is 16.0. The first-order chi connectivity index (χ1) is 9.13. The highest BCUT2D eigenvalue weighted by Crippen LogP contribution is 2.27. The average Bonchev–Trinajstić information content (AvgIpc) is 2.41. The normalized spacial score (nSPS) is 14.2. The molecule has 1 aromatic carbocycles. The van der Waals surface area contributed by atoms with Crippen LogP contribution in [-0.4, -0.2) is 38.1 Å². The zero-order chi connectivity index (χ0) is 14.3. The van der Waals surface area contributed by atoms with E-state index in [1.165, 1.54) is 0 Å². The van der Waals surface area contributed by atoms with Crippen LogP contribution >= 0.6 is 0 Å². The molecule has 19 heavy (non-hydrogen) atoms. The molecule has 0 saturated carbocycles. The smallest absolute Gasteiger partial charge is 0.122 e. The van der Waals surface area contributed by atoms with Crippen molar-refractivity contribution in [1.29, 1.82) is 0 Å². The van der Waals surface area contributed by atoms with Crippen LogP contribution in [0.25, 0.3) is 0 Å². The maximum Gasteiger partial charge on any atom is 0.122 e. The van der Waals surface area contributed by atoms with E-state index in [1.54, 1.807) is 7.11 Å². The zero-order valence-electron chi connectivity index (χ0n) is 12.1. The lowest BCUT2D eigenvalue weighted by Gasteiger charge is -2.22. The lowest BCUT2D eigenvalue weighted by atomic mass is 9.91. The van der Waals surface area contributed by atoms with E-state index >= 15 is 0 Å². The minimum absolute atomic E-state index is 0.0880. The van der Waals surface area contributed by atoms with Crippen LogP contribution in [0.15, 0.2) is 18.2 Å². The number of aliphatic hydroxyl groups excluding tert-OH is 1. The Kier molecular flexibility index (Phi) is 6.84. The Hall–Kier alpha value is -1.10. The van der Waals surface area contributed by atoms with Crippen LogP contribution in [0.4, 0.5) is 0 Å². The Bertz CT molecular complexity index is 382. The maximum atomic E-state index is 10.2. The second-order valence-electron chi connectivity index (χ2n) is 4.62. The zero-order valence-corrected chi connectivity index (χ0v) is 12.1. The third kappa shape index (κ3) is 4.49. The van der Waals surface area contributed by atoms with Crippen molar-refractivity contribution in [1.82, 2.24) is 0 Å². The summed E-state index contributed by atoms with van der Waals surface area (Å²) in [4.78, 5) is 0. The summed E-state index contributed by atoms with van der Waals surface area (Å²) in [6.45, 7) is 5.55. The van der Waals surface area contributed by atoms with E-state index in [-0.39, 0.29) is 5.92 Å². The number of ether oxygens (including phenoxy) is 2. The number of benzene rings is 1. The molecule has 0 fully saturated rings. The van der Waals surface area contributed by atoms with Crippen molar-refractivity contribution in [3.05, 3.63) is 29.3 Å². The summed E-state index contributed by atoms with van der Waals surface area (Å²) < 4.78 is 10.6. The van der Waals surface area contributed by atoms with E-state index in [1.807, 2.05) is 32.0 Å². The lowest BCUT2D eigenvalue weighted by molar-refractivity contribution is 0.0752. The number of methoxy groups -OCH3 is 1. The monoisotopic (exact) mass is 267 g/mol. The standard InChI is InChI=1S/C15H25NO3/c1-4-19-8-7-14(17)13(10-16)12-6-5-11(2)15(9-12)18-3/h5-6,9,13-14,17H,4,7-8,10,16H2,1-3H3. The fourth-order valence-electron chi connectivity index (χ4n) is 2.13. The molecule has 3 N–H and O–H groups in total. The van der Waals surface area contributed by atoms with Gasteiger partial charge in [0.05, 0.1) is 13.2 Å². The summed E-state index contributed by atoms with van der Waals surface area (Å²) in [5.74, 6) is 0.739. The topological polar surface area (TPSA) is 64.7 Å². The maximum absolute atomic E-state index is 10.2. The summed E-state index contributed by atoms with van der Waals surface area (Å²) in [6, 6.07) is 5.95. The van der Waals surface area contributed by atoms with E-state index in [2.05, 4.69) is 0 Å². The summed E-state index contributed by atoms with van der Waals surface area (Å²) in [5.41, 5.74) is 7.88. The molecular formula is C15H25NO3. The highest BCUT2D eigenvalue weighted by Gasteiger charge is 2.20. The van der Waals surface area contributed by atoms with Crippen molar-refractivity contribution in [3.8, 4) is 5.75 Å². The number of hydrogen-bond acceptors (Lipinski definition) is 4. The molecule has 0 spiro atoms. The first-order valence-electron chi connectivity index (χ1n) is 6.74. The first-order valence-corrected chi connectivity index (χ1v) is 6.74. The Morgan fingerprint density at radius 1 is 1.37 bits per heavy atom. The van der Waals surface area contributed by atoms with E-state index < -0.39 is 6.10 Å². The SMILES string of the molecule is CCOCCC(O)C(CN)c1ccc(C)c(OC)c1. The third-order valence-corrected chi connectivity index (χ3v) is 3.34. The van der Waals surface area contributed by atoms with Crippen LogP contribution in [-0.2, 0) is 4.74 Å². The van der Waals surface area contributed by atoms with Crippen molar-refractivity contribution in [2.45, 2.75) is 32.3 Å². The van der Waals surface area contributed by atoms with E-state index in [0.717, 1.165) is 16.9 Å². The number of rotatable bonds is 8. The molecule has 0 aliphatic carbocycles. The number of aryl methyl sites for hydroxylation is 1. The summed E-state index contributed by atoms with van der Waals surface area (Å²) in [5, 5.41) is 10.2. The Morgan fingerprint density at radius 2 is 2.11 bits per heavy atom. The van der Waals surface area contributed by atoms with E-state index in [4.69, 9.17) is 15.2 Å². The molecule has 0 aliphatic rings. The van der Waals surface area contributed by atoms with Crippen LogP contribution in [0.5, 0.6) is 5.75 Å². The van der Waals surface area contributed by atoms with Crippen molar-refractivity contribution in [2.75, 3.05) is 26.9 Å². The van der Waals surface area contributed by atoms with Gasteiger partial charge in [0.25, 0.3) is 0 Å². The van der Waals surface area contributed by atoms with Gasteiger partial charge in [-0.15, -0.1) is 0 Å². The molecule has 1 aromatic rings. The molecule has 0 bridgehead atoms. The Labute approximate surface area is 115 Å². The third-order valence-electron chi connectivity index (χ3n) is 3.34. The molecule has 4 nitrogen and oxygen atoms in total. The van der Waals surface area contributed by atoms with Crippen LogP contribution in [0.1, 0.15) is 30.4 Å². The molecule has 0 aromatic heterocycles. The molecule has 2 atom stereocenters. The molecular weight excluding hydrogens is 242 g/mol. The van der Waals surface area contributed by atoms with E-state index in [9.17, 15) is 5.11 Å². The van der Waals surface area contributed by atoms with Crippen molar-refractivity contribution >= 4 is 0 Å². The van der Waals surface area contributed by atoms with Gasteiger partial charge in [-0.05, 0) is 37.5 Å². The minimum Gasteiger partial charge on any atom is -0.496 e. The fourth-order valence-corrected chi connectivity index (χ4v) is 2.13. The van der Waals surface area contributed by atoms with Gasteiger partial charge in [-0.25, -0.2) is 0 Å². The molecule has 4 heteroatoms. The van der Waals surface area contributed by atoms with Crippen molar-refractivity contribution < 1.29 is 14.6 Å². The number of aliphatic hydroxyl groups is 1. The molecule has 0 heterocycles. The van der Waals surface area contributed by atoms with E-state index in [0.29, 0.717) is 26.2 Å². The van der Waals surface area contributed by atoms with Gasteiger partial charge in [0.1, 0.15) is 5.75 Å². The summed E-state index contributed by atoms with van der Waals surface area (Å²) >= 11 is 0. The van der Waals surface area contributed by atoms with Gasteiger partial charge in [-0.3, -0.25) is 0 Å². The quantitative estimate of drug-likeness (QED) is 0.705. The van der Waals surface area contributed by atoms with Gasteiger partial charge >= 0.3 is 0 Å². The number of nitrogens with two attached hydrogens (primary N) is 1. The lowest BCUT2D eigenvalue weighted by Crippen LogP contribution is -2.27. The van der Waals surface area contributed by atoms with Crippen LogP contribution in [0.2, 0.25) is 0 Å². The highest BCUT2D eigenvalue weighted by atomic mass is 16.5. The Balaban J connectivity index is 2.78. The molecule has 2 unspecified atom stereocenters. The average molecular weight is 267 g/mol. The van der Waals surface area contributed by atoms with Gasteiger partial charge in [-0.1, -0.05) is 12.1 Å². The minimum atomic E-state index is -0.496. The predicted molar refractivity (Wildman–Crippen MR) is 76.6 cm³/mol. The molecule has 0 saturated heterocycles. The van der Waals surface area contributed by atoms with Crippen molar-refractivity contribution in [3.63, 3.8) is 0 Å². The second kappa shape index (κ2) is 8.15. The molecule has 1 rings (SSSR count). The number of hydrogen-bond donors (Lipinski definition) is 2. The van der Waals surface area contributed by atoms with Gasteiger partial charge in [0.2, 0.25) is 0 Å². The fraction of sp³-hybridized carbons (Fsp3) is 0.600. The van der Waals surface area contributed by atoms with Gasteiger partial charge in [0.15, 0.2) is 0 Å².